The number of benzene rings is 2. The van der Waals surface area contributed by atoms with E-state index < -0.39 is 9.84 Å². The van der Waals surface area contributed by atoms with E-state index in [1.54, 1.807) is 12.1 Å². The minimum Gasteiger partial charge on any atom is -0.396 e. The zero-order valence-electron chi connectivity index (χ0n) is 12.3. The number of hydrogen-bond donors (Lipinski definition) is 1. The molecule has 0 fully saturated rings. The lowest BCUT2D eigenvalue weighted by atomic mass is 10.1. The number of likely N-dealkylation sites (N-methyl/N-ethyl adjacent to an activating group) is 1. The third-order valence-corrected chi connectivity index (χ3v) is 4.59. The quantitative estimate of drug-likeness (QED) is 0.861. The predicted octanol–water partition coefficient (Wildman–Crippen LogP) is 2.35. The van der Waals surface area contributed by atoms with Crippen LogP contribution in [-0.4, -0.2) is 28.3 Å². The van der Waals surface area contributed by atoms with Crippen molar-refractivity contribution in [3.8, 4) is 0 Å². The first-order valence-corrected chi connectivity index (χ1v) is 8.62. The molecule has 2 aromatic rings. The summed E-state index contributed by atoms with van der Waals surface area (Å²) >= 11 is 0. The zero-order chi connectivity index (χ0) is 15.5. The molecule has 0 aromatic heterocycles. The number of rotatable bonds is 5. The summed E-state index contributed by atoms with van der Waals surface area (Å²) < 4.78 is 23.4. The third kappa shape index (κ3) is 3.76. The Balaban J connectivity index is 2.18. The van der Waals surface area contributed by atoms with Gasteiger partial charge in [0.05, 0.1) is 16.3 Å². The average Bonchev–Trinajstić information content (AvgIpc) is 2.45. The van der Waals surface area contributed by atoms with Crippen LogP contribution in [0.3, 0.4) is 0 Å². The van der Waals surface area contributed by atoms with Crippen LogP contribution in [-0.2, 0) is 16.3 Å². The highest BCUT2D eigenvalue weighted by molar-refractivity contribution is 7.90. The first-order valence-electron chi connectivity index (χ1n) is 6.73. The molecule has 2 N–H and O–H groups in total. The van der Waals surface area contributed by atoms with Gasteiger partial charge in [0, 0.05) is 19.8 Å². The Morgan fingerprint density at radius 1 is 1.05 bits per heavy atom. The smallest absolute Gasteiger partial charge is 0.177 e. The number of anilines is 2. The molecule has 112 valence electrons. The van der Waals surface area contributed by atoms with Crippen molar-refractivity contribution in [2.24, 2.45) is 0 Å². The summed E-state index contributed by atoms with van der Waals surface area (Å²) in [5, 5.41) is 0. The average molecular weight is 304 g/mol. The molecule has 21 heavy (non-hydrogen) atoms. The van der Waals surface area contributed by atoms with Crippen LogP contribution < -0.4 is 10.6 Å². The molecule has 4 nitrogen and oxygen atoms in total. The summed E-state index contributed by atoms with van der Waals surface area (Å²) in [5.74, 6) is 0. The van der Waals surface area contributed by atoms with Crippen molar-refractivity contribution in [1.82, 2.24) is 0 Å². The van der Waals surface area contributed by atoms with Crippen LogP contribution in [0.15, 0.2) is 53.4 Å². The molecule has 0 saturated heterocycles. The van der Waals surface area contributed by atoms with Crippen LogP contribution in [0.1, 0.15) is 5.56 Å². The van der Waals surface area contributed by atoms with Gasteiger partial charge >= 0.3 is 0 Å². The van der Waals surface area contributed by atoms with Gasteiger partial charge in [-0.25, -0.2) is 8.42 Å². The van der Waals surface area contributed by atoms with E-state index in [0.717, 1.165) is 18.7 Å². The number of hydrogen-bond acceptors (Lipinski definition) is 4. The second kappa shape index (κ2) is 6.18. The SMILES string of the molecule is CN(CCc1ccccc1)c1cccc(S(C)(=O)=O)c1N. The fourth-order valence-electron chi connectivity index (χ4n) is 2.25. The van der Waals surface area contributed by atoms with Crippen LogP contribution in [0.2, 0.25) is 0 Å². The highest BCUT2D eigenvalue weighted by Gasteiger charge is 2.15. The lowest BCUT2D eigenvalue weighted by Gasteiger charge is -2.22. The van der Waals surface area contributed by atoms with Gasteiger partial charge in [0.25, 0.3) is 0 Å². The standard InChI is InChI=1S/C16H20N2O2S/c1-18(12-11-13-7-4-3-5-8-13)14-9-6-10-15(16(14)17)21(2,19)20/h3-10H,11-12,17H2,1-2H3. The predicted molar refractivity (Wildman–Crippen MR) is 87.4 cm³/mol. The van der Waals surface area contributed by atoms with Crippen molar-refractivity contribution in [3.63, 3.8) is 0 Å². The fraction of sp³-hybridized carbons (Fsp3) is 0.250. The second-order valence-electron chi connectivity index (χ2n) is 5.12. The summed E-state index contributed by atoms with van der Waals surface area (Å²) in [6.07, 6.45) is 2.05. The summed E-state index contributed by atoms with van der Waals surface area (Å²) in [5.41, 5.74) is 8.32. The van der Waals surface area contributed by atoms with Gasteiger partial charge in [-0.2, -0.15) is 0 Å². The molecule has 0 radical (unpaired) electrons. The Hall–Kier alpha value is -2.01. The van der Waals surface area contributed by atoms with Crippen molar-refractivity contribution in [1.29, 1.82) is 0 Å². The third-order valence-electron chi connectivity index (χ3n) is 3.43. The molecule has 2 rings (SSSR count). The molecule has 0 heterocycles. The number of para-hydroxylation sites is 1. The normalized spacial score (nSPS) is 11.3. The molecule has 0 atom stereocenters. The zero-order valence-corrected chi connectivity index (χ0v) is 13.1. The molecule has 0 aliphatic rings. The van der Waals surface area contributed by atoms with Crippen LogP contribution in [0.4, 0.5) is 11.4 Å². The molecule has 2 aromatic carbocycles. The maximum Gasteiger partial charge on any atom is 0.177 e. The maximum atomic E-state index is 11.7. The van der Waals surface area contributed by atoms with Crippen molar-refractivity contribution >= 4 is 21.2 Å². The molecule has 0 aliphatic heterocycles. The molecule has 0 saturated carbocycles. The van der Waals surface area contributed by atoms with Crippen LogP contribution in [0, 0.1) is 0 Å². The number of sulfone groups is 1. The molecule has 0 spiro atoms. The van der Waals surface area contributed by atoms with Gasteiger partial charge in [0.15, 0.2) is 9.84 Å². The van der Waals surface area contributed by atoms with Gasteiger partial charge in [0.1, 0.15) is 0 Å². The fourth-order valence-corrected chi connectivity index (χ4v) is 3.08. The molecule has 0 unspecified atom stereocenters. The van der Waals surface area contributed by atoms with Crippen LogP contribution in [0.25, 0.3) is 0 Å². The highest BCUT2D eigenvalue weighted by atomic mass is 32.2. The summed E-state index contributed by atoms with van der Waals surface area (Å²) in [6.45, 7) is 0.765. The number of nitrogens with two attached hydrogens (primary N) is 1. The Kier molecular flexibility index (Phi) is 4.53. The molecular weight excluding hydrogens is 284 g/mol. The molecule has 0 aliphatic carbocycles. The summed E-state index contributed by atoms with van der Waals surface area (Å²) in [6, 6.07) is 15.3. The van der Waals surface area contributed by atoms with Crippen molar-refractivity contribution < 1.29 is 8.42 Å². The highest BCUT2D eigenvalue weighted by Crippen LogP contribution is 2.29. The minimum absolute atomic E-state index is 0.187. The van der Waals surface area contributed by atoms with E-state index in [1.165, 1.54) is 11.8 Å². The monoisotopic (exact) mass is 304 g/mol. The van der Waals surface area contributed by atoms with Crippen molar-refractivity contribution in [3.05, 3.63) is 54.1 Å². The van der Waals surface area contributed by atoms with E-state index in [0.29, 0.717) is 5.69 Å². The van der Waals surface area contributed by atoms with Gasteiger partial charge in [-0.15, -0.1) is 0 Å². The van der Waals surface area contributed by atoms with Crippen LogP contribution in [0.5, 0.6) is 0 Å². The van der Waals surface area contributed by atoms with E-state index in [-0.39, 0.29) is 4.90 Å². The van der Waals surface area contributed by atoms with Gasteiger partial charge in [0.2, 0.25) is 0 Å². The van der Waals surface area contributed by atoms with E-state index in [2.05, 4.69) is 12.1 Å². The minimum atomic E-state index is -3.31. The lowest BCUT2D eigenvalue weighted by Crippen LogP contribution is -2.22. The molecule has 5 heteroatoms. The second-order valence-corrected chi connectivity index (χ2v) is 7.10. The largest absolute Gasteiger partial charge is 0.396 e. The molecule has 0 amide bonds. The van der Waals surface area contributed by atoms with Gasteiger partial charge < -0.3 is 10.6 Å². The van der Waals surface area contributed by atoms with E-state index in [4.69, 9.17) is 5.73 Å². The summed E-state index contributed by atoms with van der Waals surface area (Å²) in [4.78, 5) is 2.17. The van der Waals surface area contributed by atoms with Gasteiger partial charge in [-0.05, 0) is 24.1 Å². The van der Waals surface area contributed by atoms with Gasteiger partial charge in [-0.3, -0.25) is 0 Å². The molecular formula is C16H20N2O2S. The Morgan fingerprint density at radius 3 is 2.33 bits per heavy atom. The topological polar surface area (TPSA) is 63.4 Å². The lowest BCUT2D eigenvalue weighted by molar-refractivity contribution is 0.602. The van der Waals surface area contributed by atoms with E-state index in [1.807, 2.05) is 36.2 Å². The maximum absolute atomic E-state index is 11.7. The van der Waals surface area contributed by atoms with E-state index in [9.17, 15) is 8.42 Å². The number of nitrogen functional groups attached to an aromatic ring is 1. The van der Waals surface area contributed by atoms with E-state index >= 15 is 0 Å². The van der Waals surface area contributed by atoms with Gasteiger partial charge in [-0.1, -0.05) is 36.4 Å². The first kappa shape index (κ1) is 15.4. The molecule has 0 bridgehead atoms. The Morgan fingerprint density at radius 2 is 1.71 bits per heavy atom. The summed E-state index contributed by atoms with van der Waals surface area (Å²) in [7, 11) is -1.39. The number of nitrogens with zero attached hydrogens (tertiary/aromatic N) is 1. The van der Waals surface area contributed by atoms with Crippen molar-refractivity contribution in [2.45, 2.75) is 11.3 Å². The van der Waals surface area contributed by atoms with Crippen molar-refractivity contribution in [2.75, 3.05) is 30.5 Å². The first-order chi connectivity index (χ1) is 9.89. The Labute approximate surface area is 126 Å². The Bertz CT molecular complexity index is 712. The van der Waals surface area contributed by atoms with Crippen LogP contribution >= 0.6 is 0 Å².